The topological polar surface area (TPSA) is 77.8 Å². The molecule has 0 aliphatic heterocycles. The second kappa shape index (κ2) is 3.94. The zero-order chi connectivity index (χ0) is 11.7. The van der Waals surface area contributed by atoms with E-state index in [9.17, 15) is 0 Å². The van der Waals surface area contributed by atoms with Crippen molar-refractivity contribution in [2.75, 3.05) is 11.5 Å². The molecule has 1 aromatic carbocycles. The van der Waals surface area contributed by atoms with Gasteiger partial charge in [0.2, 0.25) is 5.13 Å². The van der Waals surface area contributed by atoms with E-state index in [0.29, 0.717) is 10.8 Å². The second-order valence-corrected chi connectivity index (χ2v) is 4.58. The third-order valence-corrected chi connectivity index (χ3v) is 2.94. The van der Waals surface area contributed by atoms with Gasteiger partial charge >= 0.3 is 0 Å². The number of allylic oxidation sites excluding steroid dienone is 1. The number of hydrogen-bond donors (Lipinski definition) is 2. The van der Waals surface area contributed by atoms with Crippen LogP contribution < -0.4 is 11.5 Å². The molecule has 0 aliphatic carbocycles. The van der Waals surface area contributed by atoms with Crippen LogP contribution in [0.3, 0.4) is 0 Å². The molecule has 0 aliphatic rings. The van der Waals surface area contributed by atoms with E-state index in [1.165, 1.54) is 11.3 Å². The fourth-order valence-electron chi connectivity index (χ4n) is 1.37. The molecule has 16 heavy (non-hydrogen) atoms. The maximum absolute atomic E-state index is 5.83. The minimum Gasteiger partial charge on any atom is -0.399 e. The number of nitrogens with two attached hydrogens (primary N) is 2. The smallest absolute Gasteiger partial charge is 0.203 e. The SMILES string of the molecule is C=C(C)c1cc(N)cc(-c2nnc(N)s2)c1. The summed E-state index contributed by atoms with van der Waals surface area (Å²) >= 11 is 1.34. The van der Waals surface area contributed by atoms with Crippen LogP contribution >= 0.6 is 11.3 Å². The van der Waals surface area contributed by atoms with Crippen LogP contribution in [0.4, 0.5) is 10.8 Å². The molecule has 1 aromatic heterocycles. The number of nitrogens with zero attached hydrogens (tertiary/aromatic N) is 2. The van der Waals surface area contributed by atoms with Crippen molar-refractivity contribution in [1.29, 1.82) is 0 Å². The van der Waals surface area contributed by atoms with E-state index in [0.717, 1.165) is 21.7 Å². The van der Waals surface area contributed by atoms with E-state index in [1.807, 2.05) is 25.1 Å². The first kappa shape index (κ1) is 10.6. The Morgan fingerprint density at radius 1 is 1.25 bits per heavy atom. The first-order chi connectivity index (χ1) is 7.56. The third-order valence-electron chi connectivity index (χ3n) is 2.14. The standard InChI is InChI=1S/C11H12N4S/c1-6(2)7-3-8(5-9(12)4-7)10-14-15-11(13)16-10/h3-5H,1,12H2,2H3,(H2,13,15). The Morgan fingerprint density at radius 3 is 2.56 bits per heavy atom. The van der Waals surface area contributed by atoms with E-state index in [-0.39, 0.29) is 0 Å². The molecule has 1 heterocycles. The van der Waals surface area contributed by atoms with Crippen LogP contribution in [0.1, 0.15) is 12.5 Å². The summed E-state index contributed by atoms with van der Waals surface area (Å²) in [5, 5.41) is 8.99. The Hall–Kier alpha value is -1.88. The molecule has 82 valence electrons. The van der Waals surface area contributed by atoms with Gasteiger partial charge in [0.05, 0.1) is 0 Å². The van der Waals surface area contributed by atoms with Gasteiger partial charge in [-0.2, -0.15) is 0 Å². The summed E-state index contributed by atoms with van der Waals surface area (Å²) in [4.78, 5) is 0. The van der Waals surface area contributed by atoms with E-state index in [2.05, 4.69) is 16.8 Å². The van der Waals surface area contributed by atoms with Crippen molar-refractivity contribution in [1.82, 2.24) is 10.2 Å². The van der Waals surface area contributed by atoms with Crippen LogP contribution in [-0.2, 0) is 0 Å². The molecular weight excluding hydrogens is 220 g/mol. The van der Waals surface area contributed by atoms with E-state index in [4.69, 9.17) is 11.5 Å². The van der Waals surface area contributed by atoms with Gasteiger partial charge in [0.25, 0.3) is 0 Å². The minimum atomic E-state index is 0.453. The van der Waals surface area contributed by atoms with Gasteiger partial charge in [0.1, 0.15) is 5.01 Å². The largest absolute Gasteiger partial charge is 0.399 e. The van der Waals surface area contributed by atoms with Gasteiger partial charge in [-0.15, -0.1) is 10.2 Å². The van der Waals surface area contributed by atoms with Gasteiger partial charge in [-0.3, -0.25) is 0 Å². The number of aromatic nitrogens is 2. The van der Waals surface area contributed by atoms with Gasteiger partial charge < -0.3 is 11.5 Å². The fourth-order valence-corrected chi connectivity index (χ4v) is 1.97. The van der Waals surface area contributed by atoms with Crippen LogP contribution in [0.15, 0.2) is 24.8 Å². The normalized spacial score (nSPS) is 10.3. The van der Waals surface area contributed by atoms with E-state index in [1.54, 1.807) is 0 Å². The highest BCUT2D eigenvalue weighted by molar-refractivity contribution is 7.18. The molecule has 2 aromatic rings. The first-order valence-electron chi connectivity index (χ1n) is 4.72. The summed E-state index contributed by atoms with van der Waals surface area (Å²) in [7, 11) is 0. The molecule has 0 saturated carbocycles. The molecule has 0 atom stereocenters. The number of anilines is 2. The summed E-state index contributed by atoms with van der Waals surface area (Å²) in [6, 6.07) is 5.72. The van der Waals surface area contributed by atoms with E-state index >= 15 is 0 Å². The molecule has 0 unspecified atom stereocenters. The van der Waals surface area contributed by atoms with Gasteiger partial charge in [0, 0.05) is 11.3 Å². The molecule has 4 N–H and O–H groups in total. The zero-order valence-electron chi connectivity index (χ0n) is 8.90. The molecule has 0 amide bonds. The highest BCUT2D eigenvalue weighted by atomic mass is 32.1. The van der Waals surface area contributed by atoms with Crippen molar-refractivity contribution in [3.05, 3.63) is 30.3 Å². The first-order valence-corrected chi connectivity index (χ1v) is 5.53. The molecule has 0 radical (unpaired) electrons. The Morgan fingerprint density at radius 2 is 2.00 bits per heavy atom. The lowest BCUT2D eigenvalue weighted by Crippen LogP contribution is -1.89. The lowest BCUT2D eigenvalue weighted by atomic mass is 10.0. The average molecular weight is 232 g/mol. The van der Waals surface area contributed by atoms with Crippen molar-refractivity contribution in [3.63, 3.8) is 0 Å². The van der Waals surface area contributed by atoms with Crippen LogP contribution in [0.2, 0.25) is 0 Å². The van der Waals surface area contributed by atoms with Crippen LogP contribution in [0.5, 0.6) is 0 Å². The monoisotopic (exact) mass is 232 g/mol. The molecule has 5 heteroatoms. The van der Waals surface area contributed by atoms with Crippen molar-refractivity contribution in [3.8, 4) is 10.6 Å². The van der Waals surface area contributed by atoms with Crippen LogP contribution in [0, 0.1) is 0 Å². The van der Waals surface area contributed by atoms with Crippen molar-refractivity contribution in [2.45, 2.75) is 6.92 Å². The molecule has 2 rings (SSSR count). The second-order valence-electron chi connectivity index (χ2n) is 3.57. The summed E-state index contributed by atoms with van der Waals surface area (Å²) in [5.74, 6) is 0. The van der Waals surface area contributed by atoms with Crippen LogP contribution in [0.25, 0.3) is 16.1 Å². The fraction of sp³-hybridized carbons (Fsp3) is 0.0909. The molecule has 4 nitrogen and oxygen atoms in total. The Labute approximate surface area is 97.6 Å². The summed E-state index contributed by atoms with van der Waals surface area (Å²) < 4.78 is 0. The van der Waals surface area contributed by atoms with Gasteiger partial charge in [-0.1, -0.05) is 23.5 Å². The van der Waals surface area contributed by atoms with Crippen molar-refractivity contribution in [2.24, 2.45) is 0 Å². The third kappa shape index (κ3) is 2.04. The maximum Gasteiger partial charge on any atom is 0.203 e. The predicted octanol–water partition coefficient (Wildman–Crippen LogP) is 2.40. The zero-order valence-corrected chi connectivity index (χ0v) is 9.71. The van der Waals surface area contributed by atoms with E-state index < -0.39 is 0 Å². The highest BCUT2D eigenvalue weighted by Gasteiger charge is 2.07. The molecule has 0 spiro atoms. The highest BCUT2D eigenvalue weighted by Crippen LogP contribution is 2.29. The Balaban J connectivity index is 2.53. The van der Waals surface area contributed by atoms with Crippen molar-refractivity contribution < 1.29 is 0 Å². The predicted molar refractivity (Wildman–Crippen MR) is 68.9 cm³/mol. The maximum atomic E-state index is 5.83. The summed E-state index contributed by atoms with van der Waals surface area (Å²) in [5.41, 5.74) is 14.9. The average Bonchev–Trinajstić information content (AvgIpc) is 2.64. The quantitative estimate of drug-likeness (QED) is 0.779. The number of rotatable bonds is 2. The lowest BCUT2D eigenvalue weighted by molar-refractivity contribution is 1.10. The number of nitrogen functional groups attached to an aromatic ring is 2. The van der Waals surface area contributed by atoms with Crippen LogP contribution in [-0.4, -0.2) is 10.2 Å². The summed E-state index contributed by atoms with van der Waals surface area (Å²) in [6.45, 7) is 5.83. The Bertz CT molecular complexity index is 545. The van der Waals surface area contributed by atoms with Gasteiger partial charge in [-0.25, -0.2) is 0 Å². The Kier molecular flexibility index (Phi) is 2.62. The molecular formula is C11H12N4S. The van der Waals surface area contributed by atoms with Gasteiger partial charge in [0.15, 0.2) is 0 Å². The van der Waals surface area contributed by atoms with Gasteiger partial charge in [-0.05, 0) is 30.7 Å². The molecule has 0 saturated heterocycles. The lowest BCUT2D eigenvalue weighted by Gasteiger charge is -2.04. The van der Waals surface area contributed by atoms with Crippen molar-refractivity contribution >= 4 is 27.7 Å². The minimum absolute atomic E-state index is 0.453. The molecule has 0 fully saturated rings. The molecule has 0 bridgehead atoms. The number of benzene rings is 1. The summed E-state index contributed by atoms with van der Waals surface area (Å²) in [6.07, 6.45) is 0. The number of hydrogen-bond acceptors (Lipinski definition) is 5.